The summed E-state index contributed by atoms with van der Waals surface area (Å²) in [5.41, 5.74) is 1.54. The Morgan fingerprint density at radius 1 is 1.45 bits per heavy atom. The number of imidazole rings is 1. The monoisotopic (exact) mass is 294 g/mol. The van der Waals surface area contributed by atoms with Crippen molar-refractivity contribution in [3.63, 3.8) is 0 Å². The Labute approximate surface area is 120 Å². The van der Waals surface area contributed by atoms with E-state index in [1.165, 1.54) is 0 Å². The zero-order chi connectivity index (χ0) is 14.9. The Hall–Kier alpha value is -1.69. The number of nitrogens with zero attached hydrogens (tertiary/aromatic N) is 2. The summed E-state index contributed by atoms with van der Waals surface area (Å²) in [5, 5.41) is 9.33. The quantitative estimate of drug-likeness (QED) is 0.918. The molecule has 2 rings (SSSR count). The number of fused-ring (bicyclic) bond motifs is 1. The van der Waals surface area contributed by atoms with E-state index >= 15 is 0 Å². The first kappa shape index (κ1) is 14.7. The number of para-hydroxylation sites is 1. The van der Waals surface area contributed by atoms with E-state index in [1.54, 1.807) is 18.4 Å². The molecule has 20 heavy (non-hydrogen) atoms. The minimum Gasteiger partial charge on any atom is -0.478 e. The van der Waals surface area contributed by atoms with Crippen molar-refractivity contribution in [2.75, 3.05) is 12.0 Å². The van der Waals surface area contributed by atoms with Gasteiger partial charge in [-0.25, -0.2) is 9.78 Å². The van der Waals surface area contributed by atoms with E-state index in [0.29, 0.717) is 23.3 Å². The van der Waals surface area contributed by atoms with Crippen molar-refractivity contribution in [3.8, 4) is 0 Å². The lowest BCUT2D eigenvalue weighted by molar-refractivity contribution is 0.0698. The van der Waals surface area contributed by atoms with Crippen LogP contribution in [0.5, 0.6) is 0 Å². The van der Waals surface area contributed by atoms with Crippen LogP contribution in [0.15, 0.2) is 18.2 Å². The topological polar surface area (TPSA) is 72.2 Å². The summed E-state index contributed by atoms with van der Waals surface area (Å²) in [6, 6.07) is 5.09. The number of carboxylic acids is 1. The fraction of sp³-hybridized carbons (Fsp3) is 0.429. The molecule has 0 saturated heterocycles. The maximum atomic E-state index is 11.4. The molecule has 1 atom stereocenters. The molecular weight excluding hydrogens is 276 g/mol. The van der Waals surface area contributed by atoms with Crippen LogP contribution in [0.2, 0.25) is 0 Å². The van der Waals surface area contributed by atoms with E-state index in [9.17, 15) is 14.1 Å². The Kier molecular flexibility index (Phi) is 4.23. The van der Waals surface area contributed by atoms with Gasteiger partial charge in [0.15, 0.2) is 0 Å². The Bertz CT molecular complexity index is 676. The summed E-state index contributed by atoms with van der Waals surface area (Å²) >= 11 is 0. The highest BCUT2D eigenvalue weighted by Crippen LogP contribution is 2.25. The second-order valence-corrected chi connectivity index (χ2v) is 6.59. The number of aryl methyl sites for hydroxylation is 1. The van der Waals surface area contributed by atoms with E-state index < -0.39 is 16.8 Å². The Morgan fingerprint density at radius 2 is 2.15 bits per heavy atom. The lowest BCUT2D eigenvalue weighted by atomic mass is 10.2. The summed E-state index contributed by atoms with van der Waals surface area (Å²) in [6.07, 6.45) is 1.65. The molecule has 1 unspecified atom stereocenters. The van der Waals surface area contributed by atoms with Crippen molar-refractivity contribution in [1.29, 1.82) is 0 Å². The van der Waals surface area contributed by atoms with Crippen LogP contribution in [-0.2, 0) is 17.3 Å². The summed E-state index contributed by atoms with van der Waals surface area (Å²) in [5.74, 6) is 0.525. The third-order valence-corrected chi connectivity index (χ3v) is 3.90. The van der Waals surface area contributed by atoms with Gasteiger partial charge in [-0.2, -0.15) is 0 Å². The van der Waals surface area contributed by atoms with Gasteiger partial charge >= 0.3 is 5.97 Å². The lowest BCUT2D eigenvalue weighted by Gasteiger charge is -2.11. The zero-order valence-corrected chi connectivity index (χ0v) is 12.6. The average Bonchev–Trinajstić information content (AvgIpc) is 2.74. The van der Waals surface area contributed by atoms with Gasteiger partial charge in [0.25, 0.3) is 0 Å². The molecule has 0 spiro atoms. The van der Waals surface area contributed by atoms with Crippen LogP contribution in [0.3, 0.4) is 0 Å². The highest BCUT2D eigenvalue weighted by atomic mass is 32.2. The SMILES string of the molecule is CC(C)c1nc2cccc(C(=O)O)c2n1CCS(C)=O. The molecule has 0 aliphatic heterocycles. The van der Waals surface area contributed by atoms with Gasteiger partial charge in [-0.3, -0.25) is 4.21 Å². The van der Waals surface area contributed by atoms with Gasteiger partial charge < -0.3 is 9.67 Å². The predicted molar refractivity (Wildman–Crippen MR) is 79.7 cm³/mol. The number of aromatic nitrogens is 2. The number of carboxylic acid groups (broad SMARTS) is 1. The third-order valence-electron chi connectivity index (χ3n) is 3.15. The Morgan fingerprint density at radius 3 is 2.70 bits per heavy atom. The normalized spacial score (nSPS) is 13.0. The number of hydrogen-bond acceptors (Lipinski definition) is 3. The first-order chi connectivity index (χ1) is 9.41. The summed E-state index contributed by atoms with van der Waals surface area (Å²) in [4.78, 5) is 15.9. The smallest absolute Gasteiger partial charge is 0.337 e. The van der Waals surface area contributed by atoms with Crippen molar-refractivity contribution in [2.24, 2.45) is 0 Å². The highest BCUT2D eigenvalue weighted by molar-refractivity contribution is 7.84. The molecule has 1 aromatic heterocycles. The van der Waals surface area contributed by atoms with Gasteiger partial charge in [0.1, 0.15) is 5.82 Å². The molecule has 0 aliphatic rings. The van der Waals surface area contributed by atoms with Gasteiger partial charge in [0.2, 0.25) is 0 Å². The van der Waals surface area contributed by atoms with Gasteiger partial charge in [0, 0.05) is 35.3 Å². The van der Waals surface area contributed by atoms with Crippen molar-refractivity contribution in [1.82, 2.24) is 9.55 Å². The Balaban J connectivity index is 2.67. The highest BCUT2D eigenvalue weighted by Gasteiger charge is 2.19. The largest absolute Gasteiger partial charge is 0.478 e. The van der Waals surface area contributed by atoms with E-state index in [1.807, 2.05) is 24.5 Å². The molecule has 108 valence electrons. The van der Waals surface area contributed by atoms with E-state index in [-0.39, 0.29) is 11.5 Å². The van der Waals surface area contributed by atoms with Crippen LogP contribution in [0.1, 0.15) is 35.9 Å². The molecule has 5 nitrogen and oxygen atoms in total. The molecule has 1 heterocycles. The molecule has 0 bridgehead atoms. The van der Waals surface area contributed by atoms with Crippen molar-refractivity contribution in [2.45, 2.75) is 26.3 Å². The predicted octanol–water partition coefficient (Wildman–Crippen LogP) is 2.24. The molecule has 0 saturated carbocycles. The maximum Gasteiger partial charge on any atom is 0.337 e. The number of hydrogen-bond donors (Lipinski definition) is 1. The molecule has 0 aliphatic carbocycles. The van der Waals surface area contributed by atoms with Crippen molar-refractivity contribution in [3.05, 3.63) is 29.6 Å². The van der Waals surface area contributed by atoms with E-state index in [2.05, 4.69) is 4.98 Å². The van der Waals surface area contributed by atoms with Gasteiger partial charge in [-0.05, 0) is 12.1 Å². The average molecular weight is 294 g/mol. The molecule has 1 aromatic carbocycles. The van der Waals surface area contributed by atoms with E-state index in [0.717, 1.165) is 5.82 Å². The molecule has 0 amide bonds. The fourth-order valence-corrected chi connectivity index (χ4v) is 2.70. The van der Waals surface area contributed by atoms with Crippen LogP contribution < -0.4 is 0 Å². The number of benzene rings is 1. The number of rotatable bonds is 5. The number of aromatic carboxylic acids is 1. The summed E-state index contributed by atoms with van der Waals surface area (Å²) in [6.45, 7) is 4.54. The fourth-order valence-electron chi connectivity index (χ4n) is 2.26. The first-order valence-electron chi connectivity index (χ1n) is 6.44. The van der Waals surface area contributed by atoms with E-state index in [4.69, 9.17) is 0 Å². The minimum absolute atomic E-state index is 0.175. The second kappa shape index (κ2) is 5.75. The van der Waals surface area contributed by atoms with Crippen LogP contribution in [0.25, 0.3) is 11.0 Å². The molecule has 6 heteroatoms. The van der Waals surface area contributed by atoms with Crippen molar-refractivity contribution < 1.29 is 14.1 Å². The second-order valence-electron chi connectivity index (χ2n) is 5.03. The van der Waals surface area contributed by atoms with Crippen LogP contribution in [0.4, 0.5) is 0 Å². The van der Waals surface area contributed by atoms with Crippen LogP contribution in [-0.4, -0.2) is 36.8 Å². The zero-order valence-electron chi connectivity index (χ0n) is 11.8. The van der Waals surface area contributed by atoms with Crippen LogP contribution in [0, 0.1) is 0 Å². The van der Waals surface area contributed by atoms with Crippen LogP contribution >= 0.6 is 0 Å². The number of carbonyl (C=O) groups is 1. The van der Waals surface area contributed by atoms with Crippen molar-refractivity contribution >= 4 is 27.8 Å². The molecular formula is C14H18N2O3S. The van der Waals surface area contributed by atoms with Gasteiger partial charge in [-0.1, -0.05) is 19.9 Å². The standard InChI is InChI=1S/C14H18N2O3S/c1-9(2)13-15-11-6-4-5-10(14(17)18)12(11)16(13)7-8-20(3)19/h4-6,9H,7-8H2,1-3H3,(H,17,18). The lowest BCUT2D eigenvalue weighted by Crippen LogP contribution is -2.12. The summed E-state index contributed by atoms with van der Waals surface area (Å²) < 4.78 is 13.2. The first-order valence-corrected chi connectivity index (χ1v) is 8.17. The molecule has 0 radical (unpaired) electrons. The van der Waals surface area contributed by atoms with Gasteiger partial charge in [-0.15, -0.1) is 0 Å². The third kappa shape index (κ3) is 2.75. The molecule has 1 N–H and O–H groups in total. The maximum absolute atomic E-state index is 11.4. The molecule has 0 fully saturated rings. The van der Waals surface area contributed by atoms with Gasteiger partial charge in [0.05, 0.1) is 16.6 Å². The molecule has 2 aromatic rings. The summed E-state index contributed by atoms with van der Waals surface area (Å²) in [7, 11) is -0.928. The minimum atomic E-state index is -0.968.